The third-order valence-electron chi connectivity index (χ3n) is 8.29. The molecule has 2 atom stereocenters. The Hall–Kier alpha value is -2.16. The summed E-state index contributed by atoms with van der Waals surface area (Å²) in [5.41, 5.74) is 1.32. The molecule has 2 N–H and O–H groups in total. The monoisotopic (exact) mass is 556 g/mol. The summed E-state index contributed by atoms with van der Waals surface area (Å²) in [5.74, 6) is 3.72. The maximum Gasteiger partial charge on any atom is 0.232 e. The zero-order chi connectivity index (χ0) is 26.5. The highest BCUT2D eigenvalue weighted by atomic mass is 35.5. The topological polar surface area (TPSA) is 65.6 Å². The SMILES string of the molecule is C[C@@H]1C[C@@H](C)CN(c2cc(N3CCOCC3)nc(NC(=S)NCC3(c4cccc(Cl)c4)CCCCC3)n2)C1. The van der Waals surface area contributed by atoms with E-state index in [2.05, 4.69) is 58.5 Å². The summed E-state index contributed by atoms with van der Waals surface area (Å²) < 4.78 is 5.58. The van der Waals surface area contributed by atoms with Gasteiger partial charge in [0.25, 0.3) is 0 Å². The van der Waals surface area contributed by atoms with E-state index < -0.39 is 0 Å². The molecule has 3 aliphatic rings. The fraction of sp³-hybridized carbons (Fsp3) is 0.621. The fourth-order valence-corrected chi connectivity index (χ4v) is 6.81. The highest BCUT2D eigenvalue weighted by Gasteiger charge is 2.34. The first kappa shape index (κ1) is 27.4. The molecule has 206 valence electrons. The first-order valence-corrected chi connectivity index (χ1v) is 15.0. The van der Waals surface area contributed by atoms with Crippen molar-refractivity contribution >= 4 is 46.5 Å². The molecule has 1 aliphatic carbocycles. The molecule has 2 aliphatic heterocycles. The van der Waals surface area contributed by atoms with Gasteiger partial charge < -0.3 is 25.2 Å². The standard InChI is InChI=1S/C29H41ClN6OS/c1-21-15-22(2)19-36(18-21)26-17-25(35-11-13-37-14-12-35)32-27(33-26)34-28(38)31-20-29(9-4-3-5-10-29)23-7-6-8-24(30)16-23/h6-8,16-17,21-22H,3-5,9-15,18-20H2,1-2H3,(H2,31,32,33,34,38)/t21-,22-/m1/s1. The van der Waals surface area contributed by atoms with Crippen molar-refractivity contribution in [3.63, 3.8) is 0 Å². The third-order valence-corrected chi connectivity index (χ3v) is 8.77. The minimum atomic E-state index is 0.0244. The van der Waals surface area contributed by atoms with Crippen molar-refractivity contribution in [3.05, 3.63) is 40.9 Å². The first-order valence-electron chi connectivity index (χ1n) is 14.2. The van der Waals surface area contributed by atoms with Crippen LogP contribution in [0.3, 0.4) is 0 Å². The smallest absolute Gasteiger partial charge is 0.232 e. The normalized spacial score (nSPS) is 23.7. The number of aromatic nitrogens is 2. The quantitative estimate of drug-likeness (QED) is 0.443. The first-order chi connectivity index (χ1) is 18.4. The Balaban J connectivity index is 1.33. The number of nitrogens with one attached hydrogen (secondary N) is 2. The van der Waals surface area contributed by atoms with E-state index in [0.29, 0.717) is 36.1 Å². The van der Waals surface area contributed by atoms with Gasteiger partial charge in [-0.25, -0.2) is 0 Å². The Kier molecular flexibility index (Phi) is 8.91. The van der Waals surface area contributed by atoms with Crippen molar-refractivity contribution in [2.75, 3.05) is 61.1 Å². The van der Waals surface area contributed by atoms with Gasteiger partial charge in [-0.1, -0.05) is 56.8 Å². The van der Waals surface area contributed by atoms with E-state index in [1.54, 1.807) is 0 Å². The van der Waals surface area contributed by atoms with Gasteiger partial charge in [0, 0.05) is 49.2 Å². The van der Waals surface area contributed by atoms with Crippen LogP contribution < -0.4 is 20.4 Å². The van der Waals surface area contributed by atoms with Crippen molar-refractivity contribution in [1.29, 1.82) is 0 Å². The Morgan fingerprint density at radius 3 is 2.39 bits per heavy atom. The van der Waals surface area contributed by atoms with Crippen LogP contribution in [0.25, 0.3) is 0 Å². The average molecular weight is 557 g/mol. The van der Waals surface area contributed by atoms with Crippen LogP contribution in [0.2, 0.25) is 5.02 Å². The van der Waals surface area contributed by atoms with Gasteiger partial charge in [-0.2, -0.15) is 9.97 Å². The molecule has 3 fully saturated rings. The largest absolute Gasteiger partial charge is 0.378 e. The van der Waals surface area contributed by atoms with Gasteiger partial charge in [-0.15, -0.1) is 0 Å². The van der Waals surface area contributed by atoms with Crippen molar-refractivity contribution in [2.24, 2.45) is 11.8 Å². The highest BCUT2D eigenvalue weighted by molar-refractivity contribution is 7.80. The van der Waals surface area contributed by atoms with Crippen LogP contribution in [-0.2, 0) is 10.2 Å². The fourth-order valence-electron chi connectivity index (χ4n) is 6.45. The van der Waals surface area contributed by atoms with Crippen molar-refractivity contribution in [1.82, 2.24) is 15.3 Å². The molecule has 38 heavy (non-hydrogen) atoms. The number of halogens is 1. The maximum atomic E-state index is 6.38. The number of hydrogen-bond donors (Lipinski definition) is 2. The molecule has 1 saturated carbocycles. The second-order valence-corrected chi connectivity index (χ2v) is 12.4. The Labute approximate surface area is 237 Å². The van der Waals surface area contributed by atoms with Crippen LogP contribution in [0.15, 0.2) is 30.3 Å². The van der Waals surface area contributed by atoms with Gasteiger partial charge in [0.1, 0.15) is 11.6 Å². The molecule has 0 amide bonds. The minimum absolute atomic E-state index is 0.0244. The molecule has 9 heteroatoms. The number of nitrogens with zero attached hydrogens (tertiary/aromatic N) is 4. The Bertz CT molecular complexity index is 1090. The second kappa shape index (κ2) is 12.3. The molecule has 0 bridgehead atoms. The predicted molar refractivity (Wildman–Crippen MR) is 161 cm³/mol. The van der Waals surface area contributed by atoms with E-state index in [-0.39, 0.29) is 5.41 Å². The number of anilines is 3. The lowest BCUT2D eigenvalue weighted by atomic mass is 9.69. The van der Waals surface area contributed by atoms with Crippen LogP contribution in [-0.4, -0.2) is 61.0 Å². The molecule has 2 aromatic rings. The molecule has 7 nitrogen and oxygen atoms in total. The van der Waals surface area contributed by atoms with Gasteiger partial charge in [0.05, 0.1) is 13.2 Å². The predicted octanol–water partition coefficient (Wildman–Crippen LogP) is 5.64. The zero-order valence-electron chi connectivity index (χ0n) is 22.7. The number of piperidine rings is 1. The number of thiocarbonyl (C=S) groups is 1. The van der Waals surface area contributed by atoms with Gasteiger partial charge in [0.15, 0.2) is 5.11 Å². The third kappa shape index (κ3) is 6.69. The molecule has 1 aromatic carbocycles. The van der Waals surface area contributed by atoms with E-state index in [1.807, 2.05) is 6.07 Å². The van der Waals surface area contributed by atoms with Gasteiger partial charge >= 0.3 is 0 Å². The van der Waals surface area contributed by atoms with E-state index in [1.165, 1.54) is 31.2 Å². The summed E-state index contributed by atoms with van der Waals surface area (Å²) in [4.78, 5) is 14.5. The summed E-state index contributed by atoms with van der Waals surface area (Å²) in [5, 5.41) is 8.20. The molecule has 3 heterocycles. The number of rotatable bonds is 6. The maximum absolute atomic E-state index is 6.38. The summed E-state index contributed by atoms with van der Waals surface area (Å²) in [6.45, 7) is 10.5. The van der Waals surface area contributed by atoms with Gasteiger partial charge in [0.2, 0.25) is 5.95 Å². The second-order valence-electron chi connectivity index (χ2n) is 11.5. The van der Waals surface area contributed by atoms with Crippen molar-refractivity contribution in [2.45, 2.75) is 57.8 Å². The lowest BCUT2D eigenvalue weighted by Gasteiger charge is -2.38. The van der Waals surface area contributed by atoms with Crippen LogP contribution in [0.1, 0.15) is 57.9 Å². The van der Waals surface area contributed by atoms with E-state index in [0.717, 1.165) is 62.2 Å². The van der Waals surface area contributed by atoms with E-state index in [9.17, 15) is 0 Å². The van der Waals surface area contributed by atoms with Crippen LogP contribution >= 0.6 is 23.8 Å². The lowest BCUT2D eigenvalue weighted by Crippen LogP contribution is -2.44. The molecule has 2 saturated heterocycles. The average Bonchev–Trinajstić information content (AvgIpc) is 2.92. The van der Waals surface area contributed by atoms with Crippen molar-refractivity contribution < 1.29 is 4.74 Å². The minimum Gasteiger partial charge on any atom is -0.378 e. The summed E-state index contributed by atoms with van der Waals surface area (Å²) in [6.07, 6.45) is 7.22. The Morgan fingerprint density at radius 1 is 1.03 bits per heavy atom. The molecular weight excluding hydrogens is 516 g/mol. The molecule has 0 radical (unpaired) electrons. The molecular formula is C29H41ClN6OS. The molecule has 5 rings (SSSR count). The zero-order valence-corrected chi connectivity index (χ0v) is 24.3. The van der Waals surface area contributed by atoms with Gasteiger partial charge in [-0.3, -0.25) is 0 Å². The lowest BCUT2D eigenvalue weighted by molar-refractivity contribution is 0.122. The summed E-state index contributed by atoms with van der Waals surface area (Å²) >= 11 is 12.2. The molecule has 1 aromatic heterocycles. The van der Waals surface area contributed by atoms with Crippen LogP contribution in [0.4, 0.5) is 17.6 Å². The molecule has 0 spiro atoms. The van der Waals surface area contributed by atoms with E-state index >= 15 is 0 Å². The number of hydrogen-bond acceptors (Lipinski definition) is 6. The number of ether oxygens (including phenoxy) is 1. The number of morpholine rings is 1. The van der Waals surface area contributed by atoms with Crippen LogP contribution in [0.5, 0.6) is 0 Å². The van der Waals surface area contributed by atoms with Crippen molar-refractivity contribution in [3.8, 4) is 0 Å². The number of benzene rings is 1. The summed E-state index contributed by atoms with van der Waals surface area (Å²) in [7, 11) is 0. The highest BCUT2D eigenvalue weighted by Crippen LogP contribution is 2.40. The van der Waals surface area contributed by atoms with Gasteiger partial charge in [-0.05, 0) is 61.0 Å². The Morgan fingerprint density at radius 2 is 1.71 bits per heavy atom. The molecule has 0 unspecified atom stereocenters. The summed E-state index contributed by atoms with van der Waals surface area (Å²) in [6, 6.07) is 10.5. The van der Waals surface area contributed by atoms with Crippen LogP contribution in [0, 0.1) is 11.8 Å². The van der Waals surface area contributed by atoms with E-state index in [4.69, 9.17) is 38.5 Å².